The van der Waals surface area contributed by atoms with E-state index in [0.29, 0.717) is 10.8 Å². The Morgan fingerprint density at radius 3 is 2.51 bits per heavy atom. The lowest BCUT2D eigenvalue weighted by Gasteiger charge is -2.13. The summed E-state index contributed by atoms with van der Waals surface area (Å²) in [6.45, 7) is 3.87. The summed E-state index contributed by atoms with van der Waals surface area (Å²) in [7, 11) is 1.63. The van der Waals surface area contributed by atoms with Crippen molar-refractivity contribution >= 4 is 50.5 Å². The van der Waals surface area contributed by atoms with Crippen molar-refractivity contribution in [2.45, 2.75) is 13.8 Å². The summed E-state index contributed by atoms with van der Waals surface area (Å²) >= 11 is 6.08. The maximum Gasteiger partial charge on any atom is 0.248 e. The third-order valence-corrected chi connectivity index (χ3v) is 6.48. The van der Waals surface area contributed by atoms with E-state index in [1.165, 1.54) is 0 Å². The van der Waals surface area contributed by atoms with E-state index in [4.69, 9.17) is 20.8 Å². The molecule has 0 aliphatic heterocycles. The maximum atomic E-state index is 13.0. The van der Waals surface area contributed by atoms with Gasteiger partial charge >= 0.3 is 0 Å². The molecule has 0 bridgehead atoms. The van der Waals surface area contributed by atoms with Gasteiger partial charge in [-0.2, -0.15) is 0 Å². The number of allylic oxidation sites excluding steroid dienone is 1. The number of anilines is 1. The summed E-state index contributed by atoms with van der Waals surface area (Å²) in [5, 5.41) is 6.72. The van der Waals surface area contributed by atoms with Crippen molar-refractivity contribution in [3.63, 3.8) is 0 Å². The predicted octanol–water partition coefficient (Wildman–Crippen LogP) is 8.27. The van der Waals surface area contributed by atoms with Gasteiger partial charge in [0.1, 0.15) is 11.3 Å². The molecule has 0 aliphatic rings. The number of hydrogen-bond acceptors (Lipinski definition) is 3. The van der Waals surface area contributed by atoms with Crippen LogP contribution >= 0.6 is 11.6 Å². The number of hydrogen-bond donors (Lipinski definition) is 1. The van der Waals surface area contributed by atoms with Crippen molar-refractivity contribution < 1.29 is 13.9 Å². The standard InChI is InChI=1S/C30H24ClNO3/c1-18(15-28(33)32-27-10-6-8-20-7-4-5-9-23(20)27)24-16-25-26(21-11-13-22(31)14-12-21)17-35-30(25)19(2)29(24)34-3/h4-17H,1-3H3,(H,32,33)/b18-15+. The minimum absolute atomic E-state index is 0.205. The number of furan rings is 1. The number of amides is 1. The van der Waals surface area contributed by atoms with Gasteiger partial charge in [-0.05, 0) is 54.6 Å². The summed E-state index contributed by atoms with van der Waals surface area (Å²) in [4.78, 5) is 13.0. The van der Waals surface area contributed by atoms with Gasteiger partial charge in [0.15, 0.2) is 0 Å². The maximum absolute atomic E-state index is 13.0. The minimum atomic E-state index is -0.205. The Morgan fingerprint density at radius 2 is 1.74 bits per heavy atom. The largest absolute Gasteiger partial charge is 0.496 e. The van der Waals surface area contributed by atoms with E-state index in [2.05, 4.69) is 5.32 Å². The van der Waals surface area contributed by atoms with Crippen LogP contribution in [0.5, 0.6) is 5.75 Å². The number of aryl methyl sites for hydroxylation is 1. The highest BCUT2D eigenvalue weighted by molar-refractivity contribution is 6.30. The van der Waals surface area contributed by atoms with Crippen LogP contribution in [0, 0.1) is 6.92 Å². The van der Waals surface area contributed by atoms with E-state index >= 15 is 0 Å². The number of carbonyl (C=O) groups excluding carboxylic acids is 1. The van der Waals surface area contributed by atoms with E-state index in [0.717, 1.165) is 55.3 Å². The Bertz CT molecular complexity index is 1590. The lowest BCUT2D eigenvalue weighted by Crippen LogP contribution is -2.09. The normalized spacial score (nSPS) is 11.7. The average molecular weight is 482 g/mol. The van der Waals surface area contributed by atoms with Gasteiger partial charge in [-0.1, -0.05) is 60.1 Å². The average Bonchev–Trinajstić information content (AvgIpc) is 3.29. The quantitative estimate of drug-likeness (QED) is 0.257. The van der Waals surface area contributed by atoms with Crippen molar-refractivity contribution in [2.24, 2.45) is 0 Å². The van der Waals surface area contributed by atoms with Gasteiger partial charge in [-0.15, -0.1) is 0 Å². The minimum Gasteiger partial charge on any atom is -0.496 e. The molecule has 1 heterocycles. The summed E-state index contributed by atoms with van der Waals surface area (Å²) < 4.78 is 11.7. The fraction of sp³-hybridized carbons (Fsp3) is 0.100. The van der Waals surface area contributed by atoms with Crippen molar-refractivity contribution in [1.82, 2.24) is 0 Å². The summed E-state index contributed by atoms with van der Waals surface area (Å²) in [5.41, 5.74) is 5.98. The monoisotopic (exact) mass is 481 g/mol. The Morgan fingerprint density at radius 1 is 1.00 bits per heavy atom. The first-order chi connectivity index (χ1) is 17.0. The zero-order valence-corrected chi connectivity index (χ0v) is 20.4. The van der Waals surface area contributed by atoms with Crippen LogP contribution in [0.3, 0.4) is 0 Å². The third-order valence-electron chi connectivity index (χ3n) is 6.22. The van der Waals surface area contributed by atoms with Gasteiger partial charge < -0.3 is 14.5 Å². The number of halogens is 1. The van der Waals surface area contributed by atoms with Crippen molar-refractivity contribution in [3.8, 4) is 16.9 Å². The third kappa shape index (κ3) is 4.29. The molecule has 5 aromatic rings. The molecule has 4 nitrogen and oxygen atoms in total. The SMILES string of the molecule is COc1c(/C(C)=C/C(=O)Nc2cccc3ccccc23)cc2c(-c3ccc(Cl)cc3)coc2c1C. The lowest BCUT2D eigenvalue weighted by atomic mass is 9.96. The fourth-order valence-corrected chi connectivity index (χ4v) is 4.63. The first-order valence-electron chi connectivity index (χ1n) is 11.3. The van der Waals surface area contributed by atoms with E-state index in [1.54, 1.807) is 19.4 Å². The highest BCUT2D eigenvalue weighted by Gasteiger charge is 2.19. The molecule has 0 atom stereocenters. The van der Waals surface area contributed by atoms with Crippen molar-refractivity contribution in [2.75, 3.05) is 12.4 Å². The van der Waals surface area contributed by atoms with Crippen LogP contribution in [0.1, 0.15) is 18.1 Å². The topological polar surface area (TPSA) is 51.5 Å². The molecule has 5 rings (SSSR count). The summed E-state index contributed by atoms with van der Waals surface area (Å²) in [6.07, 6.45) is 3.35. The van der Waals surface area contributed by atoms with Crippen LogP contribution in [0.25, 0.3) is 38.4 Å². The van der Waals surface area contributed by atoms with Crippen LogP contribution < -0.4 is 10.1 Å². The zero-order valence-electron chi connectivity index (χ0n) is 19.7. The van der Waals surface area contributed by atoms with Gasteiger partial charge in [0, 0.05) is 44.2 Å². The molecule has 0 saturated carbocycles. The first-order valence-corrected chi connectivity index (χ1v) is 11.7. The Hall–Kier alpha value is -4.02. The van der Waals surface area contributed by atoms with Crippen LogP contribution in [-0.2, 0) is 4.79 Å². The first kappa shape index (κ1) is 22.8. The van der Waals surface area contributed by atoms with Crippen LogP contribution in [0.15, 0.2) is 89.6 Å². The molecule has 1 aromatic heterocycles. The number of fused-ring (bicyclic) bond motifs is 2. The zero-order chi connectivity index (χ0) is 24.5. The van der Waals surface area contributed by atoms with Crippen molar-refractivity contribution in [3.05, 3.63) is 101 Å². The van der Waals surface area contributed by atoms with Gasteiger partial charge in [-0.25, -0.2) is 0 Å². The highest BCUT2D eigenvalue weighted by Crippen LogP contribution is 2.40. The molecule has 0 spiro atoms. The van der Waals surface area contributed by atoms with E-state index in [1.807, 2.05) is 86.6 Å². The number of rotatable bonds is 5. The molecule has 0 saturated heterocycles. The number of methoxy groups -OCH3 is 1. The highest BCUT2D eigenvalue weighted by atomic mass is 35.5. The van der Waals surface area contributed by atoms with Crippen LogP contribution in [0.4, 0.5) is 5.69 Å². The second kappa shape index (κ2) is 9.32. The van der Waals surface area contributed by atoms with Gasteiger partial charge in [0.2, 0.25) is 5.91 Å². The molecule has 5 heteroatoms. The summed E-state index contributed by atoms with van der Waals surface area (Å²) in [6, 6.07) is 23.5. The van der Waals surface area contributed by atoms with Gasteiger partial charge in [-0.3, -0.25) is 4.79 Å². The molecule has 1 amide bonds. The van der Waals surface area contributed by atoms with E-state index in [9.17, 15) is 4.79 Å². The van der Waals surface area contributed by atoms with E-state index < -0.39 is 0 Å². The molecule has 35 heavy (non-hydrogen) atoms. The second-order valence-electron chi connectivity index (χ2n) is 8.46. The van der Waals surface area contributed by atoms with Crippen LogP contribution in [-0.4, -0.2) is 13.0 Å². The smallest absolute Gasteiger partial charge is 0.248 e. The Balaban J connectivity index is 1.55. The molecular formula is C30H24ClNO3. The van der Waals surface area contributed by atoms with E-state index in [-0.39, 0.29) is 5.91 Å². The number of carbonyl (C=O) groups is 1. The Labute approximate surface area is 208 Å². The number of ether oxygens (including phenoxy) is 1. The molecule has 4 aromatic carbocycles. The van der Waals surface area contributed by atoms with Gasteiger partial charge in [0.05, 0.1) is 13.4 Å². The molecule has 174 valence electrons. The van der Waals surface area contributed by atoms with Crippen molar-refractivity contribution in [1.29, 1.82) is 0 Å². The Kier molecular flexibility index (Phi) is 6.06. The summed E-state index contributed by atoms with van der Waals surface area (Å²) in [5.74, 6) is 0.477. The number of nitrogens with one attached hydrogen (secondary N) is 1. The predicted molar refractivity (Wildman–Crippen MR) is 144 cm³/mol. The molecule has 0 aliphatic carbocycles. The molecule has 0 unspecified atom stereocenters. The fourth-order valence-electron chi connectivity index (χ4n) is 4.50. The molecule has 0 radical (unpaired) electrons. The molecule has 0 fully saturated rings. The van der Waals surface area contributed by atoms with Gasteiger partial charge in [0.25, 0.3) is 0 Å². The van der Waals surface area contributed by atoms with Crippen LogP contribution in [0.2, 0.25) is 5.02 Å². The number of benzene rings is 4. The second-order valence-corrected chi connectivity index (χ2v) is 8.90. The molecule has 1 N–H and O–H groups in total. The lowest BCUT2D eigenvalue weighted by molar-refractivity contribution is -0.111. The molecular weight excluding hydrogens is 458 g/mol.